The van der Waals surface area contributed by atoms with Crippen molar-refractivity contribution in [2.45, 2.75) is 25.4 Å². The van der Waals surface area contributed by atoms with E-state index in [0.717, 1.165) is 23.3 Å². The van der Waals surface area contributed by atoms with E-state index in [1.54, 1.807) is 4.68 Å². The predicted molar refractivity (Wildman–Crippen MR) is 81.1 cm³/mol. The standard InChI is InChI=1S/C17H18N2O4/c1-10(11-3-4-15-16(5-11)22-9-21-15)23-17(20)14-6-13(14)12-7-18-19(2)8-12/h3-5,7-8,10,13-14H,6,9H2,1-2H3. The van der Waals surface area contributed by atoms with Crippen LogP contribution in [0.2, 0.25) is 0 Å². The monoisotopic (exact) mass is 314 g/mol. The van der Waals surface area contributed by atoms with Crippen molar-refractivity contribution in [3.05, 3.63) is 41.7 Å². The molecule has 1 saturated carbocycles. The summed E-state index contributed by atoms with van der Waals surface area (Å²) in [5, 5.41) is 4.15. The van der Waals surface area contributed by atoms with Crippen LogP contribution >= 0.6 is 0 Å². The molecule has 3 atom stereocenters. The Balaban J connectivity index is 1.39. The van der Waals surface area contributed by atoms with Crippen LogP contribution in [0.3, 0.4) is 0 Å². The molecule has 3 unspecified atom stereocenters. The Morgan fingerprint density at radius 3 is 3.00 bits per heavy atom. The number of nitrogens with zero attached hydrogens (tertiary/aromatic N) is 2. The van der Waals surface area contributed by atoms with E-state index >= 15 is 0 Å². The lowest BCUT2D eigenvalue weighted by molar-refractivity contribution is -0.150. The molecule has 6 nitrogen and oxygen atoms in total. The van der Waals surface area contributed by atoms with Crippen LogP contribution in [0.5, 0.6) is 11.5 Å². The topological polar surface area (TPSA) is 62.6 Å². The van der Waals surface area contributed by atoms with Crippen molar-refractivity contribution < 1.29 is 19.0 Å². The van der Waals surface area contributed by atoms with E-state index in [0.29, 0.717) is 5.75 Å². The van der Waals surface area contributed by atoms with Gasteiger partial charge in [-0.3, -0.25) is 9.48 Å². The molecular formula is C17H18N2O4. The van der Waals surface area contributed by atoms with Gasteiger partial charge in [0.05, 0.1) is 12.1 Å². The number of aryl methyl sites for hydroxylation is 1. The van der Waals surface area contributed by atoms with Crippen molar-refractivity contribution in [3.63, 3.8) is 0 Å². The first-order chi connectivity index (χ1) is 11.1. The summed E-state index contributed by atoms with van der Waals surface area (Å²) in [7, 11) is 1.88. The molecule has 2 aliphatic rings. The highest BCUT2D eigenvalue weighted by atomic mass is 16.7. The summed E-state index contributed by atoms with van der Waals surface area (Å²) in [6.07, 6.45) is 4.30. The average molecular weight is 314 g/mol. The van der Waals surface area contributed by atoms with Crippen LogP contribution in [0.15, 0.2) is 30.6 Å². The summed E-state index contributed by atoms with van der Waals surface area (Å²) in [5.74, 6) is 1.45. The normalized spacial score (nSPS) is 22.7. The Bertz CT molecular complexity index is 755. The second kappa shape index (κ2) is 5.30. The van der Waals surface area contributed by atoms with Gasteiger partial charge in [0.1, 0.15) is 6.10 Å². The minimum atomic E-state index is -0.313. The third-order valence-corrected chi connectivity index (χ3v) is 4.41. The maximum Gasteiger partial charge on any atom is 0.310 e. The SMILES string of the molecule is CC(OC(=O)C1CC1c1cnn(C)c1)c1ccc2c(c1)OCO2. The van der Waals surface area contributed by atoms with Crippen LogP contribution in [0.1, 0.15) is 36.5 Å². The highest BCUT2D eigenvalue weighted by Gasteiger charge is 2.46. The lowest BCUT2D eigenvalue weighted by Gasteiger charge is -2.14. The maximum absolute atomic E-state index is 12.3. The zero-order chi connectivity index (χ0) is 16.0. The summed E-state index contributed by atoms with van der Waals surface area (Å²) in [4.78, 5) is 12.3. The highest BCUT2D eigenvalue weighted by molar-refractivity contribution is 5.77. The first-order valence-electron chi connectivity index (χ1n) is 7.70. The third kappa shape index (κ3) is 2.65. The Morgan fingerprint density at radius 1 is 1.39 bits per heavy atom. The van der Waals surface area contributed by atoms with Gasteiger partial charge in [-0.2, -0.15) is 5.10 Å². The molecule has 0 saturated heterocycles. The Labute approximate surface area is 134 Å². The summed E-state index contributed by atoms with van der Waals surface area (Å²) in [5.41, 5.74) is 2.01. The molecule has 1 aliphatic carbocycles. The van der Waals surface area contributed by atoms with E-state index in [4.69, 9.17) is 14.2 Å². The number of aromatic nitrogens is 2. The van der Waals surface area contributed by atoms with Crippen LogP contribution in [0.4, 0.5) is 0 Å². The molecule has 6 heteroatoms. The third-order valence-electron chi connectivity index (χ3n) is 4.41. The van der Waals surface area contributed by atoms with Gasteiger partial charge in [-0.25, -0.2) is 0 Å². The van der Waals surface area contributed by atoms with Gasteiger partial charge < -0.3 is 14.2 Å². The van der Waals surface area contributed by atoms with Gasteiger partial charge in [0.25, 0.3) is 0 Å². The van der Waals surface area contributed by atoms with Crippen LogP contribution < -0.4 is 9.47 Å². The van der Waals surface area contributed by atoms with Crippen LogP contribution in [-0.4, -0.2) is 22.5 Å². The molecule has 1 aromatic heterocycles. The molecular weight excluding hydrogens is 296 g/mol. The molecule has 2 aromatic rings. The van der Waals surface area contributed by atoms with Crippen LogP contribution in [-0.2, 0) is 16.6 Å². The largest absolute Gasteiger partial charge is 0.458 e. The Hall–Kier alpha value is -2.50. The average Bonchev–Trinajstić information content (AvgIpc) is 2.99. The fraction of sp³-hybridized carbons (Fsp3) is 0.412. The summed E-state index contributed by atoms with van der Waals surface area (Å²) < 4.78 is 18.0. The van der Waals surface area contributed by atoms with Gasteiger partial charge >= 0.3 is 5.97 Å². The van der Waals surface area contributed by atoms with Gasteiger partial charge in [0, 0.05) is 19.2 Å². The molecule has 120 valence electrons. The quantitative estimate of drug-likeness (QED) is 0.812. The minimum Gasteiger partial charge on any atom is -0.458 e. The number of esters is 1. The molecule has 0 spiro atoms. The van der Waals surface area contributed by atoms with Crippen molar-refractivity contribution in [3.8, 4) is 11.5 Å². The fourth-order valence-electron chi connectivity index (χ4n) is 2.95. The minimum absolute atomic E-state index is 0.0596. The van der Waals surface area contributed by atoms with E-state index in [-0.39, 0.29) is 30.7 Å². The molecule has 1 aliphatic heterocycles. The number of hydrogen-bond donors (Lipinski definition) is 0. The first kappa shape index (κ1) is 14.1. The van der Waals surface area contributed by atoms with Crippen molar-refractivity contribution in [1.82, 2.24) is 9.78 Å². The lowest BCUT2D eigenvalue weighted by Crippen LogP contribution is -2.11. The second-order valence-electron chi connectivity index (χ2n) is 6.09. The van der Waals surface area contributed by atoms with E-state index < -0.39 is 0 Å². The van der Waals surface area contributed by atoms with Crippen LogP contribution in [0.25, 0.3) is 0 Å². The molecule has 2 heterocycles. The van der Waals surface area contributed by atoms with Crippen molar-refractivity contribution in [2.24, 2.45) is 13.0 Å². The van der Waals surface area contributed by atoms with E-state index in [1.807, 2.05) is 44.6 Å². The fourth-order valence-corrected chi connectivity index (χ4v) is 2.95. The van der Waals surface area contributed by atoms with E-state index in [9.17, 15) is 4.79 Å². The van der Waals surface area contributed by atoms with Gasteiger partial charge in [0.2, 0.25) is 6.79 Å². The number of carbonyl (C=O) groups is 1. The van der Waals surface area contributed by atoms with Gasteiger partial charge in [0.15, 0.2) is 11.5 Å². The molecule has 0 amide bonds. The van der Waals surface area contributed by atoms with Gasteiger partial charge in [-0.1, -0.05) is 6.07 Å². The first-order valence-corrected chi connectivity index (χ1v) is 7.70. The molecule has 1 aromatic carbocycles. The Morgan fingerprint density at radius 2 is 2.22 bits per heavy atom. The van der Waals surface area contributed by atoms with Crippen molar-refractivity contribution >= 4 is 5.97 Å². The van der Waals surface area contributed by atoms with E-state index in [2.05, 4.69) is 5.10 Å². The predicted octanol–water partition coefficient (Wildman–Crippen LogP) is 2.56. The maximum atomic E-state index is 12.3. The van der Waals surface area contributed by atoms with E-state index in [1.165, 1.54) is 0 Å². The summed E-state index contributed by atoms with van der Waals surface area (Å²) >= 11 is 0. The summed E-state index contributed by atoms with van der Waals surface area (Å²) in [6.45, 7) is 2.11. The van der Waals surface area contributed by atoms with Crippen molar-refractivity contribution in [1.29, 1.82) is 0 Å². The molecule has 1 fully saturated rings. The number of fused-ring (bicyclic) bond motifs is 1. The molecule has 4 rings (SSSR count). The number of hydrogen-bond acceptors (Lipinski definition) is 5. The number of benzene rings is 1. The van der Waals surface area contributed by atoms with Gasteiger partial charge in [-0.05, 0) is 36.6 Å². The molecule has 23 heavy (non-hydrogen) atoms. The molecule has 0 radical (unpaired) electrons. The highest BCUT2D eigenvalue weighted by Crippen LogP contribution is 2.48. The zero-order valence-corrected chi connectivity index (χ0v) is 13.1. The molecule has 0 bridgehead atoms. The zero-order valence-electron chi connectivity index (χ0n) is 13.1. The van der Waals surface area contributed by atoms with Gasteiger partial charge in [-0.15, -0.1) is 0 Å². The lowest BCUT2D eigenvalue weighted by atomic mass is 10.1. The summed E-state index contributed by atoms with van der Waals surface area (Å²) in [6, 6.07) is 5.61. The number of rotatable bonds is 4. The Kier molecular flexibility index (Phi) is 3.25. The second-order valence-corrected chi connectivity index (χ2v) is 6.09. The van der Waals surface area contributed by atoms with Crippen molar-refractivity contribution in [2.75, 3.05) is 6.79 Å². The smallest absolute Gasteiger partial charge is 0.310 e. The van der Waals surface area contributed by atoms with Crippen LogP contribution in [0, 0.1) is 5.92 Å². The number of ether oxygens (including phenoxy) is 3. The molecule has 0 N–H and O–H groups in total. The number of carbonyl (C=O) groups excluding carboxylic acids is 1.